The molecule has 27 heavy (non-hydrogen) atoms. The van der Waals surface area contributed by atoms with E-state index in [1.54, 1.807) is 28.6 Å². The van der Waals surface area contributed by atoms with Gasteiger partial charge >= 0.3 is 6.03 Å². The standard InChI is InChI=1S/C17H23N5O4S/c1-20-12-16(18-13-20)27(24,25)22-9-5-8-21(10-11-22)17(23)19-14-6-3-4-7-15(14)26-2/h3-4,6-7,12-13H,5,8-11H2,1-2H3,(H,19,23). The van der Waals surface area contributed by atoms with E-state index in [4.69, 9.17) is 4.74 Å². The molecule has 10 heteroatoms. The van der Waals surface area contributed by atoms with Gasteiger partial charge in [0.15, 0.2) is 5.03 Å². The molecule has 2 aromatic rings. The first-order chi connectivity index (χ1) is 12.9. The monoisotopic (exact) mass is 393 g/mol. The second-order valence-corrected chi connectivity index (χ2v) is 8.14. The molecule has 0 radical (unpaired) electrons. The van der Waals surface area contributed by atoms with Crippen LogP contribution in [0.1, 0.15) is 6.42 Å². The predicted octanol–water partition coefficient (Wildman–Crippen LogP) is 1.36. The van der Waals surface area contributed by atoms with E-state index in [1.807, 2.05) is 12.1 Å². The Bertz CT molecular complexity index is 912. The van der Waals surface area contributed by atoms with Crippen molar-refractivity contribution in [3.8, 4) is 5.75 Å². The smallest absolute Gasteiger partial charge is 0.321 e. The zero-order chi connectivity index (χ0) is 19.4. The third-order valence-corrected chi connectivity index (χ3v) is 6.16. The van der Waals surface area contributed by atoms with Crippen molar-refractivity contribution in [2.45, 2.75) is 11.4 Å². The molecule has 2 amide bonds. The largest absolute Gasteiger partial charge is 0.495 e. The van der Waals surface area contributed by atoms with Gasteiger partial charge in [-0.25, -0.2) is 18.2 Å². The quantitative estimate of drug-likeness (QED) is 0.846. The Morgan fingerprint density at radius 3 is 2.67 bits per heavy atom. The number of imidazole rings is 1. The molecule has 0 spiro atoms. The summed E-state index contributed by atoms with van der Waals surface area (Å²) >= 11 is 0. The lowest BCUT2D eigenvalue weighted by Gasteiger charge is -2.22. The molecule has 2 heterocycles. The fraction of sp³-hybridized carbons (Fsp3) is 0.412. The van der Waals surface area contributed by atoms with Crippen LogP contribution in [0.25, 0.3) is 0 Å². The molecule has 1 aliphatic rings. The van der Waals surface area contributed by atoms with E-state index in [0.29, 0.717) is 37.5 Å². The molecule has 1 aromatic heterocycles. The number of amides is 2. The highest BCUT2D eigenvalue weighted by atomic mass is 32.2. The van der Waals surface area contributed by atoms with E-state index < -0.39 is 10.0 Å². The van der Waals surface area contributed by atoms with Crippen LogP contribution in [0.2, 0.25) is 0 Å². The van der Waals surface area contributed by atoms with Crippen LogP contribution in [-0.4, -0.2) is 66.5 Å². The van der Waals surface area contributed by atoms with Crippen LogP contribution in [-0.2, 0) is 17.1 Å². The Morgan fingerprint density at radius 1 is 1.19 bits per heavy atom. The normalized spacial score (nSPS) is 16.0. The van der Waals surface area contributed by atoms with Crippen LogP contribution in [0, 0.1) is 0 Å². The van der Waals surface area contributed by atoms with Gasteiger partial charge in [0.25, 0.3) is 10.0 Å². The predicted molar refractivity (Wildman–Crippen MR) is 100 cm³/mol. The van der Waals surface area contributed by atoms with Crippen molar-refractivity contribution >= 4 is 21.7 Å². The molecule has 3 rings (SSSR count). The lowest BCUT2D eigenvalue weighted by Crippen LogP contribution is -2.39. The second-order valence-electron chi connectivity index (χ2n) is 6.25. The zero-order valence-corrected chi connectivity index (χ0v) is 16.1. The first kappa shape index (κ1) is 19.2. The molecule has 1 N–H and O–H groups in total. The van der Waals surface area contributed by atoms with E-state index in [2.05, 4.69) is 10.3 Å². The van der Waals surface area contributed by atoms with Crippen molar-refractivity contribution < 1.29 is 17.9 Å². The highest BCUT2D eigenvalue weighted by molar-refractivity contribution is 7.89. The fourth-order valence-electron chi connectivity index (χ4n) is 2.93. The summed E-state index contributed by atoms with van der Waals surface area (Å²) in [5, 5.41) is 2.85. The number of urea groups is 1. The van der Waals surface area contributed by atoms with E-state index >= 15 is 0 Å². The highest BCUT2D eigenvalue weighted by Crippen LogP contribution is 2.23. The molecule has 1 aliphatic heterocycles. The molecular weight excluding hydrogens is 370 g/mol. The second kappa shape index (κ2) is 7.97. The van der Waals surface area contributed by atoms with Crippen LogP contribution in [0.5, 0.6) is 5.75 Å². The number of nitrogens with zero attached hydrogens (tertiary/aromatic N) is 4. The number of aryl methyl sites for hydroxylation is 1. The summed E-state index contributed by atoms with van der Waals surface area (Å²) in [6, 6.07) is 6.87. The summed E-state index contributed by atoms with van der Waals surface area (Å²) in [5.74, 6) is 0.569. The van der Waals surface area contributed by atoms with Crippen LogP contribution in [0.3, 0.4) is 0 Å². The van der Waals surface area contributed by atoms with E-state index in [9.17, 15) is 13.2 Å². The van der Waals surface area contributed by atoms with Crippen molar-refractivity contribution in [3.63, 3.8) is 0 Å². The number of methoxy groups -OCH3 is 1. The Hall–Kier alpha value is -2.59. The lowest BCUT2D eigenvalue weighted by atomic mass is 10.3. The summed E-state index contributed by atoms with van der Waals surface area (Å²) in [6.45, 7) is 1.33. The third-order valence-electron chi connectivity index (χ3n) is 4.38. The molecule has 0 atom stereocenters. The molecule has 1 aromatic carbocycles. The maximum absolute atomic E-state index is 12.7. The number of hydrogen-bond donors (Lipinski definition) is 1. The summed E-state index contributed by atoms with van der Waals surface area (Å²) in [5.41, 5.74) is 0.576. The molecule has 0 bridgehead atoms. The Kier molecular flexibility index (Phi) is 5.66. The van der Waals surface area contributed by atoms with Crippen molar-refractivity contribution in [1.29, 1.82) is 0 Å². The van der Waals surface area contributed by atoms with Crippen LogP contribution in [0.4, 0.5) is 10.5 Å². The van der Waals surface area contributed by atoms with Crippen molar-refractivity contribution in [2.75, 3.05) is 38.6 Å². The van der Waals surface area contributed by atoms with Gasteiger partial charge in [-0.05, 0) is 18.6 Å². The SMILES string of the molecule is COc1ccccc1NC(=O)N1CCCN(S(=O)(=O)c2cn(C)cn2)CC1. The van der Waals surface area contributed by atoms with Crippen molar-refractivity contribution in [1.82, 2.24) is 18.8 Å². The molecule has 146 valence electrons. The maximum Gasteiger partial charge on any atom is 0.321 e. The topological polar surface area (TPSA) is 96.8 Å². The van der Waals surface area contributed by atoms with Gasteiger partial charge < -0.3 is 19.5 Å². The zero-order valence-electron chi connectivity index (χ0n) is 15.3. The van der Waals surface area contributed by atoms with Crippen molar-refractivity contribution in [2.24, 2.45) is 7.05 Å². The van der Waals surface area contributed by atoms with Gasteiger partial charge in [0.1, 0.15) is 5.75 Å². The molecular formula is C17H23N5O4S. The first-order valence-electron chi connectivity index (χ1n) is 8.59. The first-order valence-corrected chi connectivity index (χ1v) is 10.0. The highest BCUT2D eigenvalue weighted by Gasteiger charge is 2.30. The van der Waals surface area contributed by atoms with Crippen molar-refractivity contribution in [3.05, 3.63) is 36.8 Å². The van der Waals surface area contributed by atoms with Crippen LogP contribution < -0.4 is 10.1 Å². The number of sulfonamides is 1. The number of aromatic nitrogens is 2. The third kappa shape index (κ3) is 4.22. The van der Waals surface area contributed by atoms with Gasteiger partial charge in [0.05, 0.1) is 19.1 Å². The van der Waals surface area contributed by atoms with Gasteiger partial charge in [-0.3, -0.25) is 0 Å². The van der Waals surface area contributed by atoms with E-state index in [-0.39, 0.29) is 17.6 Å². The Labute approximate surface area is 158 Å². The average Bonchev–Trinajstić information content (AvgIpc) is 2.94. The minimum Gasteiger partial charge on any atom is -0.495 e. The number of para-hydroxylation sites is 2. The number of benzene rings is 1. The van der Waals surface area contributed by atoms with Gasteiger partial charge in [-0.1, -0.05) is 12.1 Å². The summed E-state index contributed by atoms with van der Waals surface area (Å²) < 4.78 is 33.7. The number of carbonyl (C=O) groups is 1. The van der Waals surface area contributed by atoms with Gasteiger partial charge in [0.2, 0.25) is 0 Å². The molecule has 9 nitrogen and oxygen atoms in total. The summed E-state index contributed by atoms with van der Waals surface area (Å²) in [6.07, 6.45) is 3.48. The lowest BCUT2D eigenvalue weighted by molar-refractivity contribution is 0.214. The fourth-order valence-corrected chi connectivity index (χ4v) is 4.37. The number of anilines is 1. The van der Waals surface area contributed by atoms with Crippen LogP contribution in [0.15, 0.2) is 41.8 Å². The average molecular weight is 393 g/mol. The maximum atomic E-state index is 12.7. The number of rotatable bonds is 4. The number of hydrogen-bond acceptors (Lipinski definition) is 5. The summed E-state index contributed by atoms with van der Waals surface area (Å²) in [7, 11) is -0.401. The van der Waals surface area contributed by atoms with Gasteiger partial charge in [-0.15, -0.1) is 0 Å². The number of nitrogens with one attached hydrogen (secondary N) is 1. The van der Waals surface area contributed by atoms with Gasteiger partial charge in [0, 0.05) is 39.4 Å². The molecule has 0 saturated carbocycles. The number of carbonyl (C=O) groups excluding carboxylic acids is 1. The van der Waals surface area contributed by atoms with Gasteiger partial charge in [-0.2, -0.15) is 4.31 Å². The Balaban J connectivity index is 1.67. The summed E-state index contributed by atoms with van der Waals surface area (Å²) in [4.78, 5) is 18.2. The molecule has 1 saturated heterocycles. The minimum atomic E-state index is -3.66. The number of ether oxygens (including phenoxy) is 1. The van der Waals surface area contributed by atoms with E-state index in [0.717, 1.165) is 0 Å². The van der Waals surface area contributed by atoms with E-state index in [1.165, 1.54) is 23.9 Å². The molecule has 0 unspecified atom stereocenters. The minimum absolute atomic E-state index is 0.0249. The van der Waals surface area contributed by atoms with Crippen LogP contribution >= 0.6 is 0 Å². The molecule has 0 aliphatic carbocycles. The molecule has 1 fully saturated rings. The Morgan fingerprint density at radius 2 is 1.96 bits per heavy atom.